The standard InChI is InChI=1S/C22H23F2N3O5.ClH/c1-11(2)27-21(32)17-19(30)18(29)15(9-26(17)10-22(27)6-14(28)7-22)20(31)25-8-12-3-4-13(23)5-16(12)24;/h3-5,9,11,14,28,30H,6-8,10H2,1-2H3,(H,25,31);1H. The van der Waals surface area contributed by atoms with E-state index in [0.29, 0.717) is 18.9 Å². The molecule has 178 valence electrons. The highest BCUT2D eigenvalue weighted by atomic mass is 35.5. The maximum Gasteiger partial charge on any atom is 0.275 e. The van der Waals surface area contributed by atoms with Crippen molar-refractivity contribution >= 4 is 24.2 Å². The van der Waals surface area contributed by atoms with Gasteiger partial charge in [0.05, 0.1) is 11.6 Å². The number of amides is 2. The van der Waals surface area contributed by atoms with Crippen LogP contribution in [0.2, 0.25) is 0 Å². The second-order valence-electron chi connectivity index (χ2n) is 8.67. The molecule has 3 N–H and O–H groups in total. The topological polar surface area (TPSA) is 112 Å². The number of aromatic nitrogens is 1. The Balaban J connectivity index is 0.00000306. The Morgan fingerprint density at radius 1 is 1.27 bits per heavy atom. The van der Waals surface area contributed by atoms with E-state index in [1.807, 2.05) is 13.8 Å². The van der Waals surface area contributed by atoms with Gasteiger partial charge in [0.2, 0.25) is 5.43 Å². The van der Waals surface area contributed by atoms with E-state index < -0.39 is 51.8 Å². The van der Waals surface area contributed by atoms with E-state index in [1.165, 1.54) is 16.8 Å². The maximum absolute atomic E-state index is 13.8. The minimum absolute atomic E-state index is 0. The molecule has 1 aliphatic heterocycles. The fourth-order valence-electron chi connectivity index (χ4n) is 4.74. The van der Waals surface area contributed by atoms with Crippen LogP contribution in [0.15, 0.2) is 29.2 Å². The number of nitrogens with one attached hydrogen (secondary N) is 1. The Bertz CT molecular complexity index is 1180. The maximum atomic E-state index is 13.8. The number of rotatable bonds is 4. The van der Waals surface area contributed by atoms with E-state index in [-0.39, 0.29) is 42.8 Å². The van der Waals surface area contributed by atoms with Gasteiger partial charge in [-0.3, -0.25) is 14.4 Å². The Labute approximate surface area is 194 Å². The van der Waals surface area contributed by atoms with Crippen LogP contribution in [0.3, 0.4) is 0 Å². The van der Waals surface area contributed by atoms with E-state index in [4.69, 9.17) is 0 Å². The first-order chi connectivity index (χ1) is 15.0. The van der Waals surface area contributed by atoms with Crippen LogP contribution in [0.5, 0.6) is 5.75 Å². The molecule has 0 radical (unpaired) electrons. The van der Waals surface area contributed by atoms with Gasteiger partial charge in [-0.25, -0.2) is 8.78 Å². The van der Waals surface area contributed by atoms with Gasteiger partial charge in [-0.2, -0.15) is 0 Å². The summed E-state index contributed by atoms with van der Waals surface area (Å²) < 4.78 is 28.2. The highest BCUT2D eigenvalue weighted by Crippen LogP contribution is 2.44. The molecule has 0 bridgehead atoms. The van der Waals surface area contributed by atoms with Crippen LogP contribution in [-0.2, 0) is 13.1 Å². The second-order valence-corrected chi connectivity index (χ2v) is 8.67. The number of hydrogen-bond donors (Lipinski definition) is 3. The third kappa shape index (κ3) is 4.08. The summed E-state index contributed by atoms with van der Waals surface area (Å²) in [7, 11) is 0. The van der Waals surface area contributed by atoms with Crippen molar-refractivity contribution in [1.82, 2.24) is 14.8 Å². The number of aromatic hydroxyl groups is 1. The molecular formula is C22H24ClF2N3O5. The van der Waals surface area contributed by atoms with E-state index in [2.05, 4.69) is 5.32 Å². The molecule has 33 heavy (non-hydrogen) atoms. The number of aliphatic hydroxyl groups excluding tert-OH is 1. The average Bonchev–Trinajstić information content (AvgIpc) is 2.68. The smallest absolute Gasteiger partial charge is 0.275 e. The number of carbonyl (C=O) groups is 2. The van der Waals surface area contributed by atoms with Crippen molar-refractivity contribution < 1.29 is 28.6 Å². The number of pyridine rings is 1. The first-order valence-corrected chi connectivity index (χ1v) is 10.2. The highest BCUT2D eigenvalue weighted by molar-refractivity contribution is 5.99. The van der Waals surface area contributed by atoms with E-state index >= 15 is 0 Å². The number of fused-ring (bicyclic) bond motifs is 1. The number of nitrogens with zero attached hydrogens (tertiary/aromatic N) is 2. The molecule has 0 unspecified atom stereocenters. The van der Waals surface area contributed by atoms with Crippen LogP contribution in [0.4, 0.5) is 8.78 Å². The van der Waals surface area contributed by atoms with Crippen LogP contribution in [0, 0.1) is 11.6 Å². The summed E-state index contributed by atoms with van der Waals surface area (Å²) in [5.74, 6) is -3.86. The number of carbonyl (C=O) groups excluding carboxylic acids is 2. The molecule has 2 aliphatic rings. The molecule has 0 atom stereocenters. The minimum atomic E-state index is -1.02. The Morgan fingerprint density at radius 3 is 2.52 bits per heavy atom. The van der Waals surface area contributed by atoms with Gasteiger partial charge in [-0.1, -0.05) is 6.07 Å². The summed E-state index contributed by atoms with van der Waals surface area (Å²) in [5, 5.41) is 22.8. The lowest BCUT2D eigenvalue weighted by Gasteiger charge is -2.57. The van der Waals surface area contributed by atoms with Crippen molar-refractivity contribution in [3.63, 3.8) is 0 Å². The van der Waals surface area contributed by atoms with Gasteiger partial charge in [0.1, 0.15) is 17.2 Å². The normalized spacial score (nSPS) is 21.5. The second kappa shape index (κ2) is 8.75. The third-order valence-corrected chi connectivity index (χ3v) is 6.10. The summed E-state index contributed by atoms with van der Waals surface area (Å²) >= 11 is 0. The first-order valence-electron chi connectivity index (χ1n) is 10.2. The molecule has 8 nitrogen and oxygen atoms in total. The zero-order valence-corrected chi connectivity index (χ0v) is 18.8. The zero-order valence-electron chi connectivity index (χ0n) is 18.0. The fourth-order valence-corrected chi connectivity index (χ4v) is 4.74. The summed E-state index contributed by atoms with van der Waals surface area (Å²) in [6.45, 7) is 3.52. The quantitative estimate of drug-likeness (QED) is 0.615. The molecule has 1 aromatic carbocycles. The summed E-state index contributed by atoms with van der Waals surface area (Å²) in [5.41, 5.74) is -2.29. The predicted octanol–water partition coefficient (Wildman–Crippen LogP) is 1.94. The van der Waals surface area contributed by atoms with Gasteiger partial charge >= 0.3 is 0 Å². The molecule has 1 spiro atoms. The molecule has 1 aromatic heterocycles. The summed E-state index contributed by atoms with van der Waals surface area (Å²) in [4.78, 5) is 40.0. The van der Waals surface area contributed by atoms with Crippen LogP contribution >= 0.6 is 12.4 Å². The number of aliphatic hydroxyl groups is 1. The van der Waals surface area contributed by atoms with Gasteiger partial charge in [0.15, 0.2) is 11.4 Å². The molecule has 1 saturated carbocycles. The van der Waals surface area contributed by atoms with Crippen molar-refractivity contribution in [3.05, 3.63) is 63.1 Å². The van der Waals surface area contributed by atoms with Crippen molar-refractivity contribution in [1.29, 1.82) is 0 Å². The SMILES string of the molecule is CC(C)N1C(=O)c2c(O)c(=O)c(C(=O)NCc3ccc(F)cc3F)cn2CC12CC(O)C2.Cl. The number of benzene rings is 1. The van der Waals surface area contributed by atoms with Gasteiger partial charge in [0, 0.05) is 37.0 Å². The van der Waals surface area contributed by atoms with Crippen molar-refractivity contribution in [2.24, 2.45) is 0 Å². The van der Waals surface area contributed by atoms with Crippen molar-refractivity contribution in [3.8, 4) is 5.75 Å². The van der Waals surface area contributed by atoms with Crippen molar-refractivity contribution in [2.75, 3.05) is 0 Å². The van der Waals surface area contributed by atoms with Gasteiger partial charge in [0.25, 0.3) is 11.8 Å². The average molecular weight is 484 g/mol. The predicted molar refractivity (Wildman–Crippen MR) is 116 cm³/mol. The highest BCUT2D eigenvalue weighted by Gasteiger charge is 2.54. The molecule has 2 aromatic rings. The number of hydrogen-bond acceptors (Lipinski definition) is 5. The minimum Gasteiger partial charge on any atom is -0.503 e. The molecule has 0 saturated heterocycles. The molecule has 1 fully saturated rings. The third-order valence-electron chi connectivity index (χ3n) is 6.10. The van der Waals surface area contributed by atoms with E-state index in [0.717, 1.165) is 6.07 Å². The van der Waals surface area contributed by atoms with Crippen molar-refractivity contribution in [2.45, 2.75) is 57.5 Å². The largest absolute Gasteiger partial charge is 0.503 e. The van der Waals surface area contributed by atoms with Gasteiger partial charge in [-0.05, 0) is 32.8 Å². The monoisotopic (exact) mass is 483 g/mol. The first kappa shape index (κ1) is 24.7. The Kier molecular flexibility index (Phi) is 6.54. The van der Waals surface area contributed by atoms with Crippen LogP contribution in [-0.4, -0.2) is 49.2 Å². The lowest BCUT2D eigenvalue weighted by molar-refractivity contribution is -0.0860. The lowest BCUT2D eigenvalue weighted by Crippen LogP contribution is -2.68. The zero-order chi connectivity index (χ0) is 23.4. The van der Waals surface area contributed by atoms with E-state index in [9.17, 15) is 33.4 Å². The van der Waals surface area contributed by atoms with Gasteiger partial charge in [-0.15, -0.1) is 12.4 Å². The fraction of sp³-hybridized carbons (Fsp3) is 0.409. The van der Waals surface area contributed by atoms with Crippen LogP contribution in [0.25, 0.3) is 0 Å². The molecule has 2 amide bonds. The van der Waals surface area contributed by atoms with E-state index in [1.54, 1.807) is 4.90 Å². The molecule has 4 rings (SSSR count). The molecule has 1 aliphatic carbocycles. The lowest BCUT2D eigenvalue weighted by atomic mass is 9.71. The van der Waals surface area contributed by atoms with Crippen LogP contribution in [0.1, 0.15) is 53.1 Å². The van der Waals surface area contributed by atoms with Gasteiger partial charge < -0.3 is 25.0 Å². The molecule has 2 heterocycles. The molecule has 11 heteroatoms. The Hall–Kier alpha value is -2.98. The Morgan fingerprint density at radius 2 is 1.94 bits per heavy atom. The number of halogens is 3. The van der Waals surface area contributed by atoms with Crippen LogP contribution < -0.4 is 10.7 Å². The summed E-state index contributed by atoms with van der Waals surface area (Å²) in [6.07, 6.45) is 1.32. The summed E-state index contributed by atoms with van der Waals surface area (Å²) in [6, 6.07) is 2.67. The molecular weight excluding hydrogens is 460 g/mol.